The van der Waals surface area contributed by atoms with Gasteiger partial charge in [-0.3, -0.25) is 0 Å². The Balaban J connectivity index is 3.86. The molecule has 0 aliphatic heterocycles. The summed E-state index contributed by atoms with van der Waals surface area (Å²) in [6.07, 6.45) is 2.79. The first-order valence-corrected chi connectivity index (χ1v) is 7.61. The maximum atomic E-state index is 9.31. The molecule has 0 atom stereocenters. The van der Waals surface area contributed by atoms with E-state index in [0.717, 1.165) is 19.1 Å². The number of hydrogen-bond donors (Lipinski definition) is 1. The second-order valence-electron chi connectivity index (χ2n) is 3.56. The molecule has 0 heterocycles. The van der Waals surface area contributed by atoms with Crippen molar-refractivity contribution in [2.24, 2.45) is 0 Å². The lowest BCUT2D eigenvalue weighted by Gasteiger charge is -2.21. The Hall–Kier alpha value is -0.283. The largest absolute Gasteiger partial charge is 0.513 e. The molecule has 0 bridgehead atoms. The Bertz CT molecular complexity index is 153. The van der Waals surface area contributed by atoms with Crippen LogP contribution < -0.4 is 0 Å². The van der Waals surface area contributed by atoms with Crippen LogP contribution in [0.15, 0.2) is 11.8 Å². The molecule has 0 unspecified atom stereocenters. The van der Waals surface area contributed by atoms with Crippen molar-refractivity contribution in [3.63, 3.8) is 0 Å². The summed E-state index contributed by atoms with van der Waals surface area (Å²) in [7, 11) is -1.63. The van der Waals surface area contributed by atoms with Crippen LogP contribution in [0, 0.1) is 0 Å². The van der Waals surface area contributed by atoms with Crippen LogP contribution in [0.4, 0.5) is 0 Å². The quantitative estimate of drug-likeness (QED) is 0.530. The SMILES string of the molecule is C/C=C(\O)C[Si](C)(C)OCCC. The van der Waals surface area contributed by atoms with E-state index >= 15 is 0 Å². The van der Waals surface area contributed by atoms with Crippen molar-refractivity contribution in [2.45, 2.75) is 39.4 Å². The highest BCUT2D eigenvalue weighted by molar-refractivity contribution is 6.71. The summed E-state index contributed by atoms with van der Waals surface area (Å²) in [6.45, 7) is 9.01. The third-order valence-corrected chi connectivity index (χ3v) is 3.84. The Morgan fingerprint density at radius 2 is 2.08 bits per heavy atom. The number of aliphatic hydroxyl groups excluding tert-OH is 1. The van der Waals surface area contributed by atoms with Gasteiger partial charge in [-0.1, -0.05) is 13.0 Å². The van der Waals surface area contributed by atoms with Gasteiger partial charge >= 0.3 is 0 Å². The van der Waals surface area contributed by atoms with Gasteiger partial charge in [0.05, 0.1) is 5.76 Å². The molecule has 0 spiro atoms. The van der Waals surface area contributed by atoms with Crippen LogP contribution in [-0.4, -0.2) is 20.0 Å². The maximum Gasteiger partial charge on any atom is 0.194 e. The van der Waals surface area contributed by atoms with Crippen molar-refractivity contribution < 1.29 is 9.53 Å². The Kier molecular flexibility index (Phi) is 5.25. The molecule has 0 aromatic rings. The molecule has 12 heavy (non-hydrogen) atoms. The highest BCUT2D eigenvalue weighted by atomic mass is 28.4. The van der Waals surface area contributed by atoms with Crippen LogP contribution in [0.25, 0.3) is 0 Å². The van der Waals surface area contributed by atoms with E-state index in [9.17, 15) is 5.11 Å². The average Bonchev–Trinajstić information content (AvgIpc) is 2.00. The molecule has 0 aliphatic rings. The van der Waals surface area contributed by atoms with Gasteiger partial charge in [-0.05, 0) is 26.4 Å². The van der Waals surface area contributed by atoms with Crippen LogP contribution >= 0.6 is 0 Å². The van der Waals surface area contributed by atoms with E-state index in [1.54, 1.807) is 6.08 Å². The van der Waals surface area contributed by atoms with Gasteiger partial charge in [0.15, 0.2) is 8.32 Å². The fraction of sp³-hybridized carbons (Fsp3) is 0.778. The molecule has 2 nitrogen and oxygen atoms in total. The van der Waals surface area contributed by atoms with E-state index in [0.29, 0.717) is 5.76 Å². The molecule has 72 valence electrons. The Morgan fingerprint density at radius 3 is 2.50 bits per heavy atom. The van der Waals surface area contributed by atoms with Crippen molar-refractivity contribution >= 4 is 8.32 Å². The Labute approximate surface area is 76.4 Å². The van der Waals surface area contributed by atoms with Gasteiger partial charge in [0.2, 0.25) is 0 Å². The molecular weight excluding hydrogens is 168 g/mol. The highest BCUT2D eigenvalue weighted by Crippen LogP contribution is 2.16. The van der Waals surface area contributed by atoms with Crippen molar-refractivity contribution in [1.29, 1.82) is 0 Å². The first-order chi connectivity index (χ1) is 5.52. The lowest BCUT2D eigenvalue weighted by atomic mass is 10.5. The second-order valence-corrected chi connectivity index (χ2v) is 7.73. The lowest BCUT2D eigenvalue weighted by molar-refractivity contribution is 0.301. The molecule has 0 aromatic heterocycles. The number of hydrogen-bond acceptors (Lipinski definition) is 2. The smallest absolute Gasteiger partial charge is 0.194 e. The predicted octanol–water partition coefficient (Wildman–Crippen LogP) is 3.08. The standard InChI is InChI=1S/C9H20O2Si/c1-5-7-11-12(3,4)8-9(10)6-2/h6,10H,5,7-8H2,1-4H3/b9-6-. The fourth-order valence-corrected chi connectivity index (χ4v) is 2.90. The van der Waals surface area contributed by atoms with Crippen LogP contribution in [0.5, 0.6) is 0 Å². The van der Waals surface area contributed by atoms with E-state index < -0.39 is 8.32 Å². The van der Waals surface area contributed by atoms with Crippen LogP contribution in [0.3, 0.4) is 0 Å². The van der Waals surface area contributed by atoms with Crippen LogP contribution in [0.1, 0.15) is 20.3 Å². The molecule has 0 rings (SSSR count). The fourth-order valence-electron chi connectivity index (χ4n) is 0.968. The minimum absolute atomic E-state index is 0.461. The molecule has 0 aromatic carbocycles. The minimum Gasteiger partial charge on any atom is -0.513 e. The molecule has 0 saturated heterocycles. The minimum atomic E-state index is -1.63. The second kappa shape index (κ2) is 5.38. The molecule has 0 aliphatic carbocycles. The summed E-state index contributed by atoms with van der Waals surface area (Å²) in [4.78, 5) is 0. The van der Waals surface area contributed by atoms with Crippen molar-refractivity contribution in [3.8, 4) is 0 Å². The van der Waals surface area contributed by atoms with Crippen molar-refractivity contribution in [3.05, 3.63) is 11.8 Å². The van der Waals surface area contributed by atoms with E-state index in [1.165, 1.54) is 0 Å². The molecule has 0 saturated carbocycles. The summed E-state index contributed by atoms with van der Waals surface area (Å²) in [6, 6.07) is 0.726. The van der Waals surface area contributed by atoms with Gasteiger partial charge in [0, 0.05) is 12.7 Å². The van der Waals surface area contributed by atoms with Crippen molar-refractivity contribution in [2.75, 3.05) is 6.61 Å². The number of aliphatic hydroxyl groups is 1. The van der Waals surface area contributed by atoms with Gasteiger partial charge < -0.3 is 9.53 Å². The average molecular weight is 188 g/mol. The van der Waals surface area contributed by atoms with E-state index in [4.69, 9.17) is 4.43 Å². The molecular formula is C9H20O2Si. The summed E-state index contributed by atoms with van der Waals surface area (Å²) in [5.41, 5.74) is 0. The summed E-state index contributed by atoms with van der Waals surface area (Å²) < 4.78 is 5.69. The van der Waals surface area contributed by atoms with Gasteiger partial charge in [-0.15, -0.1) is 0 Å². The molecule has 0 fully saturated rings. The van der Waals surface area contributed by atoms with Gasteiger partial charge in [0.25, 0.3) is 0 Å². The molecule has 0 amide bonds. The third-order valence-electron chi connectivity index (χ3n) is 1.64. The summed E-state index contributed by atoms with van der Waals surface area (Å²) in [5.74, 6) is 0.461. The zero-order valence-corrected chi connectivity index (χ0v) is 9.55. The Morgan fingerprint density at radius 1 is 1.50 bits per heavy atom. The first kappa shape index (κ1) is 11.7. The van der Waals surface area contributed by atoms with Gasteiger partial charge in [-0.2, -0.15) is 0 Å². The monoisotopic (exact) mass is 188 g/mol. The summed E-state index contributed by atoms with van der Waals surface area (Å²) >= 11 is 0. The molecule has 0 radical (unpaired) electrons. The molecule has 1 N–H and O–H groups in total. The van der Waals surface area contributed by atoms with E-state index in [-0.39, 0.29) is 0 Å². The normalized spacial score (nSPS) is 13.5. The van der Waals surface area contributed by atoms with Gasteiger partial charge in [0.1, 0.15) is 0 Å². The number of rotatable bonds is 5. The highest BCUT2D eigenvalue weighted by Gasteiger charge is 2.23. The topological polar surface area (TPSA) is 29.5 Å². The first-order valence-electron chi connectivity index (χ1n) is 4.50. The van der Waals surface area contributed by atoms with Gasteiger partial charge in [-0.25, -0.2) is 0 Å². The number of allylic oxidation sites excluding steroid dienone is 2. The maximum absolute atomic E-state index is 9.31. The lowest BCUT2D eigenvalue weighted by Crippen LogP contribution is -2.31. The summed E-state index contributed by atoms with van der Waals surface area (Å²) in [5, 5.41) is 9.31. The zero-order chi connectivity index (χ0) is 9.61. The van der Waals surface area contributed by atoms with Crippen LogP contribution in [0.2, 0.25) is 19.1 Å². The third kappa shape index (κ3) is 5.38. The van der Waals surface area contributed by atoms with Crippen LogP contribution in [-0.2, 0) is 4.43 Å². The van der Waals surface area contributed by atoms with Crippen molar-refractivity contribution in [1.82, 2.24) is 0 Å². The van der Waals surface area contributed by atoms with E-state index in [1.807, 2.05) is 6.92 Å². The molecule has 3 heteroatoms. The van der Waals surface area contributed by atoms with E-state index in [2.05, 4.69) is 20.0 Å². The predicted molar refractivity (Wildman–Crippen MR) is 54.9 cm³/mol. The zero-order valence-electron chi connectivity index (χ0n) is 8.55.